The molecule has 0 radical (unpaired) electrons. The molecule has 40 heavy (non-hydrogen) atoms. The summed E-state index contributed by atoms with van der Waals surface area (Å²) in [6, 6.07) is 4.65. The van der Waals surface area contributed by atoms with Gasteiger partial charge in [-0.1, -0.05) is 0 Å². The van der Waals surface area contributed by atoms with Gasteiger partial charge in [0.05, 0.1) is 0 Å². The summed E-state index contributed by atoms with van der Waals surface area (Å²) in [6.45, 7) is -19.2. The van der Waals surface area contributed by atoms with Crippen molar-refractivity contribution >= 4 is 18.1 Å². The summed E-state index contributed by atoms with van der Waals surface area (Å²) in [7, 11) is 0. The molecule has 236 valence electrons. The average molecular weight is 664 g/mol. The quantitative estimate of drug-likeness (QED) is 0.116. The molecule has 0 fully saturated rings. The van der Waals surface area contributed by atoms with Crippen LogP contribution in [0.1, 0.15) is 0 Å². The maximum atomic E-state index is 13.8. The van der Waals surface area contributed by atoms with E-state index >= 15 is 0 Å². The Morgan fingerprint density at radius 2 is 0.750 bits per heavy atom. The van der Waals surface area contributed by atoms with Crippen molar-refractivity contribution < 1.29 is 88.3 Å². The summed E-state index contributed by atoms with van der Waals surface area (Å²) in [5, 5.41) is 0. The molecule has 4 nitrogen and oxygen atoms in total. The zero-order valence-corrected chi connectivity index (χ0v) is 20.8. The molecule has 0 aliphatic carbocycles. The van der Waals surface area contributed by atoms with Crippen LogP contribution in [-0.2, 0) is 18.1 Å². The molecule has 0 saturated carbocycles. The van der Waals surface area contributed by atoms with Crippen LogP contribution in [0.2, 0.25) is 0 Å². The molecule has 0 aliphatic rings. The van der Waals surface area contributed by atoms with Gasteiger partial charge in [0.25, 0.3) is 0 Å². The van der Waals surface area contributed by atoms with Crippen LogP contribution < -0.4 is 0 Å². The van der Waals surface area contributed by atoms with Gasteiger partial charge in [0.15, 0.2) is 0 Å². The monoisotopic (exact) mass is 664 g/mol. The van der Waals surface area contributed by atoms with Crippen molar-refractivity contribution in [2.75, 3.05) is 26.4 Å². The van der Waals surface area contributed by atoms with Gasteiger partial charge in [0.2, 0.25) is 0 Å². The third-order valence-corrected chi connectivity index (χ3v) is 9.92. The molecule has 0 saturated heterocycles. The van der Waals surface area contributed by atoms with Crippen LogP contribution in [0, 0.1) is 0 Å². The summed E-state index contributed by atoms with van der Waals surface area (Å²) in [4.78, 5) is -0.707. The standard InChI is InChI=1S/C18H17F16O4PS/c19-11(20)15(27,28)6-35-39(36-7-16(29,30)12(21)22,37-8-17(31,32)13(23)24,38-9-18(33,34)14(25)26)40-10-4-2-1-3-5-10/h1-5,11-14H,6-9H2. The van der Waals surface area contributed by atoms with Crippen LogP contribution in [0.3, 0.4) is 0 Å². The second-order valence-electron chi connectivity index (χ2n) is 7.49. The third kappa shape index (κ3) is 9.92. The van der Waals surface area contributed by atoms with Gasteiger partial charge >= 0.3 is 217 Å². The number of rotatable bonds is 18. The Hall–Kier alpha value is -1.28. The first kappa shape index (κ1) is 36.7. The van der Waals surface area contributed by atoms with E-state index in [1.54, 1.807) is 0 Å². The van der Waals surface area contributed by atoms with Gasteiger partial charge < -0.3 is 0 Å². The molecule has 0 N–H and O–H groups in total. The van der Waals surface area contributed by atoms with E-state index < -0.39 is 98.8 Å². The maximum absolute atomic E-state index is 13.8. The summed E-state index contributed by atoms with van der Waals surface area (Å²) in [5.41, 5.74) is 0. The van der Waals surface area contributed by atoms with Crippen LogP contribution in [-0.4, -0.2) is 75.8 Å². The molecule has 1 rings (SSSR count). The number of hydrogen-bond acceptors (Lipinski definition) is 5. The van der Waals surface area contributed by atoms with Gasteiger partial charge in [-0.2, -0.15) is 0 Å². The average Bonchev–Trinajstić information content (AvgIpc) is 2.85. The predicted molar refractivity (Wildman–Crippen MR) is 107 cm³/mol. The van der Waals surface area contributed by atoms with E-state index in [0.29, 0.717) is 0 Å². The second kappa shape index (κ2) is 13.4. The number of benzene rings is 1. The molecule has 0 spiro atoms. The molecule has 0 atom stereocenters. The topological polar surface area (TPSA) is 36.9 Å². The van der Waals surface area contributed by atoms with Gasteiger partial charge in [-0.25, -0.2) is 0 Å². The molecule has 0 bridgehead atoms. The number of hydrogen-bond donors (Lipinski definition) is 0. The SMILES string of the molecule is FC(F)C(F)(F)COP(OCC(F)(F)C(F)F)(OCC(F)(F)C(F)F)(OCC(F)(F)C(F)F)Sc1ccccc1. The van der Waals surface area contributed by atoms with Gasteiger partial charge in [-0.15, -0.1) is 0 Å². The Bertz CT molecular complexity index is 817. The Balaban J connectivity index is 3.93. The van der Waals surface area contributed by atoms with Gasteiger partial charge in [0, 0.05) is 0 Å². The van der Waals surface area contributed by atoms with E-state index in [-0.39, 0.29) is 0 Å². The van der Waals surface area contributed by atoms with Crippen molar-refractivity contribution in [3.05, 3.63) is 30.3 Å². The Morgan fingerprint density at radius 1 is 0.500 bits per heavy atom. The fourth-order valence-electron chi connectivity index (χ4n) is 2.00. The Labute approximate surface area is 218 Å². The van der Waals surface area contributed by atoms with Gasteiger partial charge in [-0.05, 0) is 0 Å². The first-order valence-electron chi connectivity index (χ1n) is 10.0. The Morgan fingerprint density at radius 3 is 0.975 bits per heavy atom. The molecule has 1 aromatic rings. The summed E-state index contributed by atoms with van der Waals surface area (Å²) < 4.78 is 229. The van der Waals surface area contributed by atoms with Crippen LogP contribution in [0.25, 0.3) is 0 Å². The Kier molecular flexibility index (Phi) is 12.3. The number of alkyl halides is 16. The fraction of sp³-hybridized carbons (Fsp3) is 0.667. The molecule has 0 amide bonds. The minimum absolute atomic E-state index is 0.707. The third-order valence-electron chi connectivity index (χ3n) is 4.15. The normalized spacial score (nSPS) is 15.3. The first-order valence-corrected chi connectivity index (χ1v) is 13.3. The molecule has 0 heterocycles. The molecule has 0 aromatic heterocycles. The van der Waals surface area contributed by atoms with Crippen LogP contribution in [0.5, 0.6) is 0 Å². The molecule has 0 aliphatic heterocycles. The van der Waals surface area contributed by atoms with Crippen LogP contribution in [0.4, 0.5) is 70.2 Å². The number of halogens is 16. The van der Waals surface area contributed by atoms with Crippen molar-refractivity contribution in [2.24, 2.45) is 0 Å². The van der Waals surface area contributed by atoms with Gasteiger partial charge in [-0.3, -0.25) is 0 Å². The zero-order chi connectivity index (χ0) is 31.2. The van der Waals surface area contributed by atoms with E-state index in [1.165, 1.54) is 0 Å². The van der Waals surface area contributed by atoms with Crippen molar-refractivity contribution in [3.63, 3.8) is 0 Å². The van der Waals surface area contributed by atoms with Crippen molar-refractivity contribution in [1.82, 2.24) is 0 Å². The van der Waals surface area contributed by atoms with Crippen molar-refractivity contribution in [1.29, 1.82) is 0 Å². The molecular formula is C18H17F16O4PS. The minimum atomic E-state index is -7.57. The van der Waals surface area contributed by atoms with Crippen LogP contribution >= 0.6 is 18.1 Å². The molecular weight excluding hydrogens is 647 g/mol. The van der Waals surface area contributed by atoms with Crippen LogP contribution in [0.15, 0.2) is 35.2 Å². The molecule has 22 heteroatoms. The summed E-state index contributed by atoms with van der Waals surface area (Å²) >= 11 is -0.778. The van der Waals surface area contributed by atoms with E-state index in [4.69, 9.17) is 0 Å². The van der Waals surface area contributed by atoms with Crippen molar-refractivity contribution in [2.45, 2.75) is 54.3 Å². The second-order valence-corrected chi connectivity index (χ2v) is 13.0. The summed E-state index contributed by atoms with van der Waals surface area (Å²) in [6.07, 6.45) is -18.9. The van der Waals surface area contributed by atoms with E-state index in [0.717, 1.165) is 30.3 Å². The van der Waals surface area contributed by atoms with E-state index in [9.17, 15) is 70.2 Å². The van der Waals surface area contributed by atoms with E-state index in [2.05, 4.69) is 18.1 Å². The zero-order valence-electron chi connectivity index (χ0n) is 19.1. The predicted octanol–water partition coefficient (Wildman–Crippen LogP) is 8.58. The van der Waals surface area contributed by atoms with E-state index in [1.807, 2.05) is 0 Å². The van der Waals surface area contributed by atoms with Gasteiger partial charge in [0.1, 0.15) is 0 Å². The first-order chi connectivity index (χ1) is 18.0. The summed E-state index contributed by atoms with van der Waals surface area (Å²) in [5.74, 6) is -21.8. The molecule has 0 unspecified atom stereocenters. The molecule has 1 aromatic carbocycles. The van der Waals surface area contributed by atoms with Crippen molar-refractivity contribution in [3.8, 4) is 0 Å². The fourth-order valence-corrected chi connectivity index (χ4v) is 7.48.